The van der Waals surface area contributed by atoms with E-state index in [-0.39, 0.29) is 46.8 Å². The van der Waals surface area contributed by atoms with E-state index >= 15 is 0 Å². The number of nitrogens with zero attached hydrogens (tertiary/aromatic N) is 16. The monoisotopic (exact) mass is 1820 g/mol. The molecule has 21 aromatic rings. The van der Waals surface area contributed by atoms with E-state index in [0.717, 1.165) is 96.1 Å². The van der Waals surface area contributed by atoms with Crippen molar-refractivity contribution in [2.75, 3.05) is 39.2 Å². The molecule has 0 radical (unpaired) electrons. The van der Waals surface area contributed by atoms with Crippen molar-refractivity contribution < 1.29 is 17.7 Å². The van der Waals surface area contributed by atoms with Crippen molar-refractivity contribution >= 4 is 168 Å². The quantitative estimate of drug-likeness (QED) is 0.114. The normalized spacial score (nSPS) is 16.1. The number of para-hydroxylation sites is 14. The number of hydrogen-bond donors (Lipinski definition) is 0. The number of anilines is 12. The number of rotatable bonds is 12. The average molecular weight is 1820 g/mol. The van der Waals surface area contributed by atoms with Gasteiger partial charge in [0.15, 0.2) is 0 Å². The van der Waals surface area contributed by atoms with Crippen molar-refractivity contribution in [1.82, 2.24) is 38.4 Å². The summed E-state index contributed by atoms with van der Waals surface area (Å²) in [7, 11) is 8.27. The van der Waals surface area contributed by atoms with Gasteiger partial charge in [0.25, 0.3) is 0 Å². The molecule has 25 rings (SSSR count). The Hall–Kier alpha value is -15.4. The van der Waals surface area contributed by atoms with Crippen molar-refractivity contribution in [1.29, 1.82) is 0 Å². The molecule has 20 nitrogen and oxygen atoms in total. The van der Waals surface area contributed by atoms with Gasteiger partial charge in [0, 0.05) is 89.7 Å². The Morgan fingerprint density at radius 3 is 0.920 bits per heavy atom. The Morgan fingerprint density at radius 2 is 0.601 bits per heavy atom. The summed E-state index contributed by atoms with van der Waals surface area (Å²) in [5.41, 5.74) is 29.2. The molecule has 8 aromatic heterocycles. The van der Waals surface area contributed by atoms with Crippen LogP contribution in [-0.2, 0) is 50.3 Å². The molecule has 0 spiro atoms. The van der Waals surface area contributed by atoms with E-state index in [2.05, 4.69) is 442 Å². The smallest absolute Gasteiger partial charge is 0.212 e. The zero-order valence-electron chi connectivity index (χ0n) is 82.8. The number of furan rings is 4. The first-order chi connectivity index (χ1) is 66.4. The van der Waals surface area contributed by atoms with Gasteiger partial charge in [-0.25, -0.2) is 15.0 Å². The zero-order valence-corrected chi connectivity index (χ0v) is 82.8. The van der Waals surface area contributed by atoms with Gasteiger partial charge in [0.1, 0.15) is 86.8 Å². The highest BCUT2D eigenvalue weighted by molar-refractivity contribution is 6.12. The van der Waals surface area contributed by atoms with Crippen LogP contribution in [0.2, 0.25) is 0 Å². The fraction of sp³-hybridized carbons (Fsp3) is 0.254. The first-order valence-electron chi connectivity index (χ1n) is 48.1. The molecule has 694 valence electrons. The summed E-state index contributed by atoms with van der Waals surface area (Å²) in [6, 6.07) is 95.9. The van der Waals surface area contributed by atoms with Gasteiger partial charge in [0.05, 0.1) is 90.6 Å². The van der Waals surface area contributed by atoms with Crippen LogP contribution < -0.4 is 39.2 Å². The number of aryl methyl sites for hydroxylation is 9. The molecule has 0 saturated heterocycles. The van der Waals surface area contributed by atoms with Gasteiger partial charge >= 0.3 is 0 Å². The van der Waals surface area contributed by atoms with E-state index < -0.39 is 0 Å². The molecule has 4 atom stereocenters. The number of benzene rings is 13. The first-order valence-corrected chi connectivity index (χ1v) is 48.1. The second-order valence-electron chi connectivity index (χ2n) is 39.9. The fourth-order valence-electron chi connectivity index (χ4n) is 24.6. The van der Waals surface area contributed by atoms with Crippen molar-refractivity contribution in [2.45, 2.75) is 171 Å². The maximum atomic E-state index is 6.30. The Labute approximate surface area is 805 Å². The van der Waals surface area contributed by atoms with Crippen molar-refractivity contribution in [3.05, 3.63) is 348 Å². The number of fused-ring (bicyclic) bond motifs is 17. The fourth-order valence-corrected chi connectivity index (χ4v) is 24.6. The third-order valence-corrected chi connectivity index (χ3v) is 30.1. The summed E-state index contributed by atoms with van der Waals surface area (Å²) in [4.78, 5) is 34.0. The lowest BCUT2D eigenvalue weighted by molar-refractivity contribution is 0.447. The SMILES string of the molecule is Cc1cc(N2c3ccccc3N(C(C)(C)c3c(C)ccc4oc5ccccc5c34)[C@@H]2C)n(C)n1.Cc1ccc2oc3ccccc3c2c1C(C)(C)N1c2ccccc2N(c2cnc(C)n2C)[C@H]1C.Cc1ccc2oc3ccccc3c2c1C(C)(C)N1c2ccccc2N(c2nc3ccccc3n2C)[C@H]1C.Cc1ccc2oc3ccccc3c2c1C(C)(C)N1c2ccccc2N(c2nccn2C)[C@H]1C. The van der Waals surface area contributed by atoms with Gasteiger partial charge in [-0.2, -0.15) is 5.10 Å². The number of imidazole rings is 3. The molecular formula is C118H118N16O4. The van der Waals surface area contributed by atoms with Crippen LogP contribution in [0.3, 0.4) is 0 Å². The van der Waals surface area contributed by atoms with Crippen LogP contribution in [0.25, 0.3) is 98.8 Å². The lowest BCUT2D eigenvalue weighted by Gasteiger charge is -2.43. The Kier molecular flexibility index (Phi) is 20.8. The second-order valence-corrected chi connectivity index (χ2v) is 39.9. The largest absolute Gasteiger partial charge is 0.456 e. The van der Waals surface area contributed by atoms with E-state index in [4.69, 9.17) is 22.7 Å². The molecule has 12 heterocycles. The summed E-state index contributed by atoms with van der Waals surface area (Å²) in [5, 5.41) is 14.1. The van der Waals surface area contributed by atoms with Crippen LogP contribution in [0.5, 0.6) is 0 Å². The Bertz CT molecular complexity index is 8200. The van der Waals surface area contributed by atoms with Crippen LogP contribution in [-0.4, -0.2) is 63.1 Å². The molecule has 0 saturated carbocycles. The molecule has 0 fully saturated rings. The van der Waals surface area contributed by atoms with Crippen LogP contribution in [0.4, 0.5) is 69.0 Å². The van der Waals surface area contributed by atoms with Crippen LogP contribution in [0, 0.1) is 41.5 Å². The van der Waals surface area contributed by atoms with E-state index in [9.17, 15) is 0 Å². The van der Waals surface area contributed by atoms with Gasteiger partial charge in [0.2, 0.25) is 11.9 Å². The van der Waals surface area contributed by atoms with E-state index in [1.54, 1.807) is 0 Å². The maximum absolute atomic E-state index is 6.30. The maximum Gasteiger partial charge on any atom is 0.212 e. The van der Waals surface area contributed by atoms with Gasteiger partial charge in [-0.15, -0.1) is 0 Å². The molecule has 0 bridgehead atoms. The minimum Gasteiger partial charge on any atom is -0.456 e. The molecule has 0 N–H and O–H groups in total. The standard InChI is InChI=1S/C32H30N4O.2C29H30N4O.C28H28N4O/c1-20-18-19-28-29(22-12-6-11-17-27(22)37-28)30(20)32(3,4)36-21(2)35(25-15-9-10-16-26(25)36)31-33-23-13-7-8-14-24(23)34(31)5;1-18-15-16-25-27(21-11-7-10-14-24(21)34-25)28(18)29(4,5)33-20(3)32(22-12-8-9-13-23(22)33)26-17-30-19(2)31(26)6;1-18-15-16-25-27(21-11-7-10-14-24(21)34-25)28(18)29(4,5)33-20(3)32(22-12-8-9-13-23(22)33)26-17-19(2)30-31(26)6;1-18-14-15-24-25(20-10-6-9-13-23(20)33-24)26(18)28(3,4)32-19(2)31(27-29-16-17-30(27)5)21-11-7-8-12-22(21)32/h6-19,21H,1-5H3;2*7-17,20H,1-6H3;6-17,19H,1-5H3/t21-;2*20-;19-/m1111/s1. The summed E-state index contributed by atoms with van der Waals surface area (Å²) in [6.45, 7) is 40.7. The molecule has 138 heavy (non-hydrogen) atoms. The minimum absolute atomic E-state index is 0.0377. The minimum atomic E-state index is -0.342. The molecule has 13 aromatic carbocycles. The predicted octanol–water partition coefficient (Wildman–Crippen LogP) is 29.2. The third kappa shape index (κ3) is 13.4. The third-order valence-electron chi connectivity index (χ3n) is 30.1. The van der Waals surface area contributed by atoms with E-state index in [1.807, 2.05) is 75.5 Å². The summed E-state index contributed by atoms with van der Waals surface area (Å²) in [5.74, 6) is 5.09. The highest BCUT2D eigenvalue weighted by Crippen LogP contribution is 2.58. The Morgan fingerprint density at radius 1 is 0.297 bits per heavy atom. The van der Waals surface area contributed by atoms with E-state index in [0.29, 0.717) is 0 Å². The van der Waals surface area contributed by atoms with Gasteiger partial charge in [-0.3, -0.25) is 14.5 Å². The molecule has 0 unspecified atom stereocenters. The molecule has 0 aliphatic carbocycles. The predicted molar refractivity (Wildman–Crippen MR) is 568 cm³/mol. The van der Waals surface area contributed by atoms with Gasteiger partial charge in [-0.1, -0.05) is 158 Å². The summed E-state index contributed by atoms with van der Waals surface area (Å²) >= 11 is 0. The average Bonchev–Trinajstić information content (AvgIpc) is 1.56. The molecule has 4 aliphatic heterocycles. The van der Waals surface area contributed by atoms with Gasteiger partial charge < -0.3 is 60.8 Å². The molecular weight excluding hydrogens is 1710 g/mol. The lowest BCUT2D eigenvalue weighted by Crippen LogP contribution is -2.50. The second kappa shape index (κ2) is 32.7. The van der Waals surface area contributed by atoms with Crippen LogP contribution >= 0.6 is 0 Å². The highest BCUT2D eigenvalue weighted by Gasteiger charge is 2.51. The first kappa shape index (κ1) is 87.9. The number of aromatic nitrogens is 8. The van der Waals surface area contributed by atoms with Crippen molar-refractivity contribution in [3.63, 3.8) is 0 Å². The van der Waals surface area contributed by atoms with Crippen LogP contribution in [0.1, 0.15) is 139 Å². The highest BCUT2D eigenvalue weighted by atomic mass is 16.3. The molecule has 4 aliphatic rings. The van der Waals surface area contributed by atoms with Gasteiger partial charge in [-0.05, 0) is 278 Å². The summed E-state index contributed by atoms with van der Waals surface area (Å²) in [6.07, 6.45) is 6.14. The lowest BCUT2D eigenvalue weighted by atomic mass is 9.84. The summed E-state index contributed by atoms with van der Waals surface area (Å²) < 4.78 is 33.5. The zero-order chi connectivity index (χ0) is 95.9. The van der Waals surface area contributed by atoms with E-state index in [1.165, 1.54) is 128 Å². The van der Waals surface area contributed by atoms with Crippen LogP contribution in [0.15, 0.2) is 309 Å². The Balaban J connectivity index is 0.000000106. The number of hydrogen-bond acceptors (Lipinski definition) is 16. The molecule has 20 heteroatoms. The topological polar surface area (TPSA) is 150 Å². The van der Waals surface area contributed by atoms with Crippen molar-refractivity contribution in [2.24, 2.45) is 28.2 Å². The van der Waals surface area contributed by atoms with Crippen molar-refractivity contribution in [3.8, 4) is 0 Å². The molecule has 0 amide bonds.